The summed E-state index contributed by atoms with van der Waals surface area (Å²) in [4.78, 5) is 24.4. The number of aryl methyl sites for hydroxylation is 1. The minimum atomic E-state index is -0.600. The van der Waals surface area contributed by atoms with Crippen molar-refractivity contribution >= 4 is 11.6 Å². The van der Waals surface area contributed by atoms with E-state index in [1.54, 1.807) is 30.1 Å². The molecule has 1 aromatic carbocycles. The second-order valence-electron chi connectivity index (χ2n) is 4.52. The predicted octanol–water partition coefficient (Wildman–Crippen LogP) is 1.66. The average Bonchev–Trinajstić information content (AvgIpc) is 2.94. The van der Waals surface area contributed by atoms with Crippen molar-refractivity contribution in [3.8, 4) is 0 Å². The van der Waals surface area contributed by atoms with Crippen LogP contribution in [0.15, 0.2) is 36.5 Å². The van der Waals surface area contributed by atoms with Gasteiger partial charge in [0.15, 0.2) is 11.6 Å². The van der Waals surface area contributed by atoms with Gasteiger partial charge in [0.05, 0.1) is 5.92 Å². The van der Waals surface area contributed by atoms with Crippen molar-refractivity contribution in [1.82, 2.24) is 9.78 Å². The van der Waals surface area contributed by atoms with Crippen LogP contribution in [0.3, 0.4) is 0 Å². The molecule has 0 fully saturated rings. The molecule has 0 bridgehead atoms. The van der Waals surface area contributed by atoms with Crippen molar-refractivity contribution in [3.05, 3.63) is 53.3 Å². The van der Waals surface area contributed by atoms with Gasteiger partial charge in [0.1, 0.15) is 5.69 Å². The molecule has 90 valence electrons. The number of Topliss-reactive ketones (excluding diaryl/α,β-unsaturated/α-hetero) is 2. The first-order chi connectivity index (χ1) is 8.66. The third kappa shape index (κ3) is 1.57. The molecule has 0 N–H and O–H groups in total. The maximum atomic E-state index is 12.2. The Labute approximate surface area is 104 Å². The van der Waals surface area contributed by atoms with Crippen LogP contribution in [0.5, 0.6) is 0 Å². The third-order valence-corrected chi connectivity index (χ3v) is 3.31. The normalized spacial score (nSPS) is 17.8. The van der Waals surface area contributed by atoms with Crippen molar-refractivity contribution in [2.75, 3.05) is 0 Å². The number of carbonyl (C=O) groups excluding carboxylic acids is 2. The summed E-state index contributed by atoms with van der Waals surface area (Å²) in [7, 11) is 1.75. The molecule has 0 spiro atoms. The standard InChI is InChI=1S/C14H12N2O2/c1-16-7-6-12(15-16)14(18)11-8-9-4-2-3-5-10(9)13(11)17/h2-7,11H,8H2,1H3. The molecule has 2 aromatic rings. The first-order valence-electron chi connectivity index (χ1n) is 5.83. The number of hydrogen-bond donors (Lipinski definition) is 0. The fourth-order valence-corrected chi connectivity index (χ4v) is 2.38. The molecular weight excluding hydrogens is 228 g/mol. The molecule has 1 atom stereocenters. The van der Waals surface area contributed by atoms with Crippen LogP contribution in [0.4, 0.5) is 0 Å². The van der Waals surface area contributed by atoms with Gasteiger partial charge in [-0.3, -0.25) is 14.3 Å². The van der Waals surface area contributed by atoms with Crippen molar-refractivity contribution in [3.63, 3.8) is 0 Å². The zero-order chi connectivity index (χ0) is 12.7. The minimum Gasteiger partial charge on any atom is -0.293 e. The van der Waals surface area contributed by atoms with Gasteiger partial charge in [0, 0.05) is 18.8 Å². The Morgan fingerprint density at radius 2 is 2.11 bits per heavy atom. The van der Waals surface area contributed by atoms with E-state index in [-0.39, 0.29) is 11.6 Å². The van der Waals surface area contributed by atoms with Gasteiger partial charge in [-0.15, -0.1) is 0 Å². The molecule has 4 heteroatoms. The number of aromatic nitrogens is 2. The lowest BCUT2D eigenvalue weighted by atomic mass is 9.97. The number of hydrogen-bond acceptors (Lipinski definition) is 3. The predicted molar refractivity (Wildman–Crippen MR) is 65.5 cm³/mol. The van der Waals surface area contributed by atoms with E-state index in [2.05, 4.69) is 5.10 Å². The number of nitrogens with zero attached hydrogens (tertiary/aromatic N) is 2. The summed E-state index contributed by atoms with van der Waals surface area (Å²) >= 11 is 0. The maximum Gasteiger partial charge on any atom is 0.194 e. The Hall–Kier alpha value is -2.23. The van der Waals surface area contributed by atoms with Crippen molar-refractivity contribution in [2.24, 2.45) is 13.0 Å². The largest absolute Gasteiger partial charge is 0.293 e. The fraction of sp³-hybridized carbons (Fsp3) is 0.214. The molecule has 3 rings (SSSR count). The van der Waals surface area contributed by atoms with E-state index in [0.717, 1.165) is 5.56 Å². The molecular formula is C14H12N2O2. The highest BCUT2D eigenvalue weighted by molar-refractivity contribution is 6.18. The Morgan fingerprint density at radius 3 is 2.78 bits per heavy atom. The second kappa shape index (κ2) is 3.91. The van der Waals surface area contributed by atoms with Crippen molar-refractivity contribution < 1.29 is 9.59 Å². The molecule has 0 aliphatic heterocycles. The van der Waals surface area contributed by atoms with E-state index in [0.29, 0.717) is 17.7 Å². The Morgan fingerprint density at radius 1 is 1.33 bits per heavy atom. The van der Waals surface area contributed by atoms with Crippen LogP contribution in [0.2, 0.25) is 0 Å². The lowest BCUT2D eigenvalue weighted by Crippen LogP contribution is -2.21. The maximum absolute atomic E-state index is 12.2. The van der Waals surface area contributed by atoms with Crippen LogP contribution in [0.25, 0.3) is 0 Å². The lowest BCUT2D eigenvalue weighted by molar-refractivity contribution is 0.0818. The van der Waals surface area contributed by atoms with Gasteiger partial charge in [0.25, 0.3) is 0 Å². The van der Waals surface area contributed by atoms with Crippen LogP contribution in [-0.4, -0.2) is 21.3 Å². The molecule has 0 saturated carbocycles. The van der Waals surface area contributed by atoms with Crippen molar-refractivity contribution in [1.29, 1.82) is 0 Å². The van der Waals surface area contributed by atoms with Crippen LogP contribution in [0, 0.1) is 5.92 Å². The summed E-state index contributed by atoms with van der Waals surface area (Å²) < 4.78 is 1.57. The minimum absolute atomic E-state index is 0.0822. The Kier molecular flexibility index (Phi) is 2.37. The molecule has 1 aliphatic carbocycles. The SMILES string of the molecule is Cn1ccc(C(=O)C2Cc3ccccc3C2=O)n1. The van der Waals surface area contributed by atoms with Gasteiger partial charge in [0.2, 0.25) is 0 Å². The van der Waals surface area contributed by atoms with Gasteiger partial charge in [-0.2, -0.15) is 5.10 Å². The first kappa shape index (κ1) is 10.9. The highest BCUT2D eigenvalue weighted by Crippen LogP contribution is 2.28. The summed E-state index contributed by atoms with van der Waals surface area (Å²) in [6, 6.07) is 9.05. The van der Waals surface area contributed by atoms with Crippen LogP contribution < -0.4 is 0 Å². The van der Waals surface area contributed by atoms with Crippen molar-refractivity contribution in [2.45, 2.75) is 6.42 Å². The summed E-state index contributed by atoms with van der Waals surface area (Å²) in [5.41, 5.74) is 1.99. The number of ketones is 2. The number of benzene rings is 1. The van der Waals surface area contributed by atoms with E-state index in [4.69, 9.17) is 0 Å². The molecule has 0 amide bonds. The zero-order valence-electron chi connectivity index (χ0n) is 9.96. The molecule has 1 aromatic heterocycles. The summed E-state index contributed by atoms with van der Waals surface area (Å²) in [6.45, 7) is 0. The monoisotopic (exact) mass is 240 g/mol. The second-order valence-corrected chi connectivity index (χ2v) is 4.52. The number of rotatable bonds is 2. The van der Waals surface area contributed by atoms with E-state index >= 15 is 0 Å². The third-order valence-electron chi connectivity index (χ3n) is 3.31. The number of carbonyl (C=O) groups is 2. The van der Waals surface area contributed by atoms with Gasteiger partial charge >= 0.3 is 0 Å². The molecule has 1 unspecified atom stereocenters. The quantitative estimate of drug-likeness (QED) is 0.592. The Bertz CT molecular complexity index is 643. The molecule has 4 nitrogen and oxygen atoms in total. The van der Waals surface area contributed by atoms with Gasteiger partial charge < -0.3 is 0 Å². The van der Waals surface area contributed by atoms with E-state index in [9.17, 15) is 9.59 Å². The highest BCUT2D eigenvalue weighted by atomic mass is 16.2. The molecule has 0 saturated heterocycles. The molecule has 18 heavy (non-hydrogen) atoms. The van der Waals surface area contributed by atoms with E-state index < -0.39 is 5.92 Å². The summed E-state index contributed by atoms with van der Waals surface area (Å²) in [5, 5.41) is 4.07. The fourth-order valence-electron chi connectivity index (χ4n) is 2.38. The summed E-state index contributed by atoms with van der Waals surface area (Å²) in [6.07, 6.45) is 2.20. The highest BCUT2D eigenvalue weighted by Gasteiger charge is 2.36. The van der Waals surface area contributed by atoms with Gasteiger partial charge in [-0.05, 0) is 18.1 Å². The molecule has 1 aliphatic rings. The first-order valence-corrected chi connectivity index (χ1v) is 5.83. The molecule has 0 radical (unpaired) electrons. The van der Waals surface area contributed by atoms with E-state index in [1.165, 1.54) is 0 Å². The number of fused-ring (bicyclic) bond motifs is 1. The zero-order valence-corrected chi connectivity index (χ0v) is 9.96. The average molecular weight is 240 g/mol. The van der Waals surface area contributed by atoms with Gasteiger partial charge in [-0.25, -0.2) is 0 Å². The van der Waals surface area contributed by atoms with E-state index in [1.807, 2.05) is 18.2 Å². The van der Waals surface area contributed by atoms with Gasteiger partial charge in [-0.1, -0.05) is 24.3 Å². The van der Waals surface area contributed by atoms with Crippen LogP contribution in [-0.2, 0) is 13.5 Å². The molecule has 1 heterocycles. The smallest absolute Gasteiger partial charge is 0.194 e. The van der Waals surface area contributed by atoms with Crippen LogP contribution in [0.1, 0.15) is 26.4 Å². The Balaban J connectivity index is 1.93. The van der Waals surface area contributed by atoms with Crippen LogP contribution >= 0.6 is 0 Å². The lowest BCUT2D eigenvalue weighted by Gasteiger charge is -2.03. The topological polar surface area (TPSA) is 52.0 Å². The summed E-state index contributed by atoms with van der Waals surface area (Å²) in [5.74, 6) is -0.865.